The minimum atomic E-state index is -0.445. The number of fused-ring (bicyclic) bond motifs is 2. The molecular weight excluding hydrogens is 484 g/mol. The van der Waals surface area contributed by atoms with Gasteiger partial charge in [0.05, 0.1) is 5.52 Å². The number of carbonyl (C=O) groups excluding carboxylic acids is 1. The van der Waals surface area contributed by atoms with Crippen molar-refractivity contribution < 1.29 is 14.3 Å². The zero-order valence-corrected chi connectivity index (χ0v) is 20.9. The van der Waals surface area contributed by atoms with Crippen LogP contribution in [0.2, 0.25) is 0 Å². The number of ether oxygens (including phenoxy) is 2. The van der Waals surface area contributed by atoms with Crippen molar-refractivity contribution in [3.8, 4) is 11.6 Å². The van der Waals surface area contributed by atoms with Gasteiger partial charge in [-0.2, -0.15) is 0 Å². The summed E-state index contributed by atoms with van der Waals surface area (Å²) < 4.78 is 12.7. The van der Waals surface area contributed by atoms with E-state index in [1.54, 1.807) is 29.4 Å². The van der Waals surface area contributed by atoms with Crippen LogP contribution in [0, 0.1) is 6.92 Å². The van der Waals surface area contributed by atoms with E-state index in [1.165, 1.54) is 7.11 Å². The molecule has 0 radical (unpaired) electrons. The second-order valence-corrected chi connectivity index (χ2v) is 8.50. The average Bonchev–Trinajstić information content (AvgIpc) is 3.40. The molecule has 3 aromatic heterocycles. The number of hydrogen-bond acceptors (Lipinski definition) is 10. The van der Waals surface area contributed by atoms with Crippen LogP contribution in [0.4, 0.5) is 11.5 Å². The molecule has 38 heavy (non-hydrogen) atoms. The molecule has 0 fully saturated rings. The first kappa shape index (κ1) is 24.9. The van der Waals surface area contributed by atoms with Crippen LogP contribution in [0.15, 0.2) is 67.5 Å². The quantitative estimate of drug-likeness (QED) is 0.200. The van der Waals surface area contributed by atoms with Crippen molar-refractivity contribution >= 4 is 40.4 Å². The summed E-state index contributed by atoms with van der Waals surface area (Å²) in [4.78, 5) is 24.0. The lowest BCUT2D eigenvalue weighted by molar-refractivity contribution is -0.116. The van der Waals surface area contributed by atoms with Crippen molar-refractivity contribution in [2.45, 2.75) is 13.0 Å². The molecule has 0 saturated heterocycles. The second kappa shape index (κ2) is 11.5. The molecule has 11 nitrogen and oxygen atoms in total. The second-order valence-electron chi connectivity index (χ2n) is 8.50. The van der Waals surface area contributed by atoms with Gasteiger partial charge in [-0.3, -0.25) is 4.40 Å². The van der Waals surface area contributed by atoms with Crippen molar-refractivity contribution in [1.29, 1.82) is 0 Å². The Morgan fingerprint density at radius 2 is 2.00 bits per heavy atom. The molecule has 5 aromatic rings. The third-order valence-corrected chi connectivity index (χ3v) is 5.85. The summed E-state index contributed by atoms with van der Waals surface area (Å²) in [6.07, 6.45) is 9.08. The summed E-state index contributed by atoms with van der Waals surface area (Å²) in [5, 5.41) is 15.3. The van der Waals surface area contributed by atoms with E-state index < -0.39 is 6.10 Å². The van der Waals surface area contributed by atoms with Crippen LogP contribution in [-0.2, 0) is 9.53 Å². The first-order chi connectivity index (χ1) is 18.6. The zero-order chi connectivity index (χ0) is 26.3. The molecule has 0 aliphatic carbocycles. The first-order valence-corrected chi connectivity index (χ1v) is 11.9. The van der Waals surface area contributed by atoms with Gasteiger partial charge in [-0.05, 0) is 48.4 Å². The lowest BCUT2D eigenvalue weighted by Gasteiger charge is -2.12. The van der Waals surface area contributed by atoms with E-state index in [1.807, 2.05) is 55.5 Å². The number of hydrogen-bond donors (Lipinski definition) is 2. The highest BCUT2D eigenvalue weighted by molar-refractivity contribution is 5.92. The van der Waals surface area contributed by atoms with Gasteiger partial charge in [-0.15, -0.1) is 10.2 Å². The first-order valence-electron chi connectivity index (χ1n) is 11.9. The standard InChI is InChI=1S/C27H26N8O3/c1-18-10-20(6-8-24(18)38-26-12-25-34-32-17-35(25)16-31-26)33-27-22-11-19(5-7-23(22)29-15-30-27)4-3-9-28-13-21(14-36)37-2/h3-8,10-12,14-17,21,28H,9,13H2,1-2H3,(H,29,30,33)/b4-3+. The number of aldehydes is 1. The highest BCUT2D eigenvalue weighted by atomic mass is 16.5. The molecule has 0 saturated carbocycles. The van der Waals surface area contributed by atoms with Crippen molar-refractivity contribution in [2.75, 3.05) is 25.5 Å². The fourth-order valence-corrected chi connectivity index (χ4v) is 3.83. The van der Waals surface area contributed by atoms with E-state index in [2.05, 4.69) is 35.8 Å². The fraction of sp³-hybridized carbons (Fsp3) is 0.185. The van der Waals surface area contributed by atoms with Gasteiger partial charge in [-0.25, -0.2) is 15.0 Å². The highest BCUT2D eigenvalue weighted by Gasteiger charge is 2.09. The Bertz CT molecular complexity index is 1600. The Kier molecular flexibility index (Phi) is 7.57. The number of carbonyl (C=O) groups is 1. The Morgan fingerprint density at radius 1 is 1.08 bits per heavy atom. The van der Waals surface area contributed by atoms with Crippen LogP contribution in [0.25, 0.3) is 22.6 Å². The summed E-state index contributed by atoms with van der Waals surface area (Å²) in [5.41, 5.74) is 4.29. The number of methoxy groups -OCH3 is 1. The molecule has 5 rings (SSSR count). The van der Waals surface area contributed by atoms with Crippen molar-refractivity contribution in [2.24, 2.45) is 0 Å². The summed E-state index contributed by atoms with van der Waals surface area (Å²) in [6, 6.07) is 13.5. The van der Waals surface area contributed by atoms with Gasteiger partial charge in [-0.1, -0.05) is 18.2 Å². The predicted octanol–water partition coefficient (Wildman–Crippen LogP) is 3.73. The third-order valence-electron chi connectivity index (χ3n) is 5.85. The highest BCUT2D eigenvalue weighted by Crippen LogP contribution is 2.29. The van der Waals surface area contributed by atoms with Crippen LogP contribution in [0.5, 0.6) is 11.6 Å². The van der Waals surface area contributed by atoms with Crippen LogP contribution in [0.1, 0.15) is 11.1 Å². The van der Waals surface area contributed by atoms with Gasteiger partial charge in [0.15, 0.2) is 5.65 Å². The minimum Gasteiger partial charge on any atom is -0.439 e. The summed E-state index contributed by atoms with van der Waals surface area (Å²) >= 11 is 0. The van der Waals surface area contributed by atoms with Crippen LogP contribution >= 0.6 is 0 Å². The van der Waals surface area contributed by atoms with Gasteiger partial charge >= 0.3 is 0 Å². The van der Waals surface area contributed by atoms with E-state index in [0.717, 1.165) is 34.0 Å². The molecule has 0 aliphatic rings. The molecule has 192 valence electrons. The number of benzene rings is 2. The van der Waals surface area contributed by atoms with Crippen LogP contribution < -0.4 is 15.4 Å². The number of aryl methyl sites for hydroxylation is 1. The molecule has 0 amide bonds. The monoisotopic (exact) mass is 510 g/mol. The Balaban J connectivity index is 1.29. The van der Waals surface area contributed by atoms with E-state index in [-0.39, 0.29) is 0 Å². The van der Waals surface area contributed by atoms with E-state index >= 15 is 0 Å². The summed E-state index contributed by atoms with van der Waals surface area (Å²) in [7, 11) is 1.52. The number of anilines is 2. The van der Waals surface area contributed by atoms with E-state index in [4.69, 9.17) is 9.47 Å². The third kappa shape index (κ3) is 5.80. The lowest BCUT2D eigenvalue weighted by Crippen LogP contribution is -2.29. The van der Waals surface area contributed by atoms with Gasteiger partial charge in [0.25, 0.3) is 0 Å². The van der Waals surface area contributed by atoms with Gasteiger partial charge in [0, 0.05) is 37.3 Å². The molecule has 1 atom stereocenters. The molecule has 1 unspecified atom stereocenters. The largest absolute Gasteiger partial charge is 0.439 e. The molecule has 3 heterocycles. The molecular formula is C27H26N8O3. The number of rotatable bonds is 11. The fourth-order valence-electron chi connectivity index (χ4n) is 3.83. The topological polar surface area (TPSA) is 128 Å². The molecule has 0 aliphatic heterocycles. The normalized spacial score (nSPS) is 12.3. The zero-order valence-electron chi connectivity index (χ0n) is 20.9. The van der Waals surface area contributed by atoms with Crippen molar-refractivity contribution in [3.05, 3.63) is 78.6 Å². The van der Waals surface area contributed by atoms with Gasteiger partial charge in [0.1, 0.15) is 42.9 Å². The Hall–Kier alpha value is -4.74. The maximum atomic E-state index is 10.8. The van der Waals surface area contributed by atoms with Crippen LogP contribution in [-0.4, -0.2) is 62.1 Å². The average molecular weight is 511 g/mol. The van der Waals surface area contributed by atoms with E-state index in [0.29, 0.717) is 36.2 Å². The Morgan fingerprint density at radius 3 is 2.84 bits per heavy atom. The summed E-state index contributed by atoms with van der Waals surface area (Å²) in [5.74, 6) is 1.82. The van der Waals surface area contributed by atoms with Crippen LogP contribution in [0.3, 0.4) is 0 Å². The number of nitrogens with one attached hydrogen (secondary N) is 2. The maximum Gasteiger partial charge on any atom is 0.224 e. The number of nitrogens with zero attached hydrogens (tertiary/aromatic N) is 6. The van der Waals surface area contributed by atoms with Crippen molar-refractivity contribution in [3.63, 3.8) is 0 Å². The smallest absolute Gasteiger partial charge is 0.224 e. The minimum absolute atomic E-state index is 0.439. The SMILES string of the molecule is COC(C=O)CNC/C=C/c1ccc2ncnc(Nc3ccc(Oc4cc5nncn5cn4)c(C)c3)c2c1. The molecule has 0 bridgehead atoms. The maximum absolute atomic E-state index is 10.8. The lowest BCUT2D eigenvalue weighted by atomic mass is 10.1. The van der Waals surface area contributed by atoms with Gasteiger partial charge in [0.2, 0.25) is 5.88 Å². The molecule has 2 aromatic carbocycles. The molecule has 0 spiro atoms. The molecule has 11 heteroatoms. The van der Waals surface area contributed by atoms with Crippen molar-refractivity contribution in [1.82, 2.24) is 34.9 Å². The Labute approximate surface area is 218 Å². The molecule has 2 N–H and O–H groups in total. The summed E-state index contributed by atoms with van der Waals surface area (Å²) in [6.45, 7) is 3.04. The van der Waals surface area contributed by atoms with E-state index in [9.17, 15) is 4.79 Å². The van der Waals surface area contributed by atoms with Gasteiger partial charge < -0.3 is 24.9 Å². The number of aromatic nitrogens is 6. The predicted molar refractivity (Wildman–Crippen MR) is 144 cm³/mol.